The summed E-state index contributed by atoms with van der Waals surface area (Å²) in [6.45, 7) is 3.93. The van der Waals surface area contributed by atoms with Gasteiger partial charge in [-0.2, -0.15) is 5.26 Å². The standard InChI is InChI=1S/C8H18N6O/c1-3-13-14-4-5-15-7(12-6-9)8(14,10)11-2/h7,11-13H,3-5,10H2,1-2H3. The highest BCUT2D eigenvalue weighted by atomic mass is 16.5. The van der Waals surface area contributed by atoms with Crippen molar-refractivity contribution in [1.29, 1.82) is 5.26 Å². The second-order valence-corrected chi connectivity index (χ2v) is 3.25. The van der Waals surface area contributed by atoms with Crippen LogP contribution in [0.5, 0.6) is 0 Å². The summed E-state index contributed by atoms with van der Waals surface area (Å²) in [4.78, 5) is 0. The molecule has 1 aliphatic rings. The number of hydrogen-bond donors (Lipinski definition) is 4. The Bertz CT molecular complexity index is 240. The Morgan fingerprint density at radius 3 is 3.00 bits per heavy atom. The number of nitriles is 1. The van der Waals surface area contributed by atoms with Crippen molar-refractivity contribution >= 4 is 0 Å². The Morgan fingerprint density at radius 2 is 2.47 bits per heavy atom. The molecule has 0 aromatic rings. The molecule has 2 atom stereocenters. The lowest BCUT2D eigenvalue weighted by Gasteiger charge is -2.47. The maximum Gasteiger partial charge on any atom is 0.183 e. The van der Waals surface area contributed by atoms with E-state index in [1.807, 2.05) is 18.1 Å². The minimum Gasteiger partial charge on any atom is -0.352 e. The maximum absolute atomic E-state index is 8.60. The number of hydrazine groups is 1. The quantitative estimate of drug-likeness (QED) is 0.246. The van der Waals surface area contributed by atoms with Crippen LogP contribution in [0.2, 0.25) is 0 Å². The molecule has 0 aromatic heterocycles. The van der Waals surface area contributed by atoms with Crippen molar-refractivity contribution in [3.05, 3.63) is 0 Å². The third-order valence-corrected chi connectivity index (χ3v) is 2.39. The van der Waals surface area contributed by atoms with Gasteiger partial charge >= 0.3 is 0 Å². The van der Waals surface area contributed by atoms with Crippen molar-refractivity contribution in [1.82, 2.24) is 21.1 Å². The highest BCUT2D eigenvalue weighted by Crippen LogP contribution is 2.14. The minimum atomic E-state index is -0.927. The molecule has 0 spiro atoms. The van der Waals surface area contributed by atoms with Gasteiger partial charge in [0.25, 0.3) is 0 Å². The van der Waals surface area contributed by atoms with Crippen LogP contribution in [0.3, 0.4) is 0 Å². The van der Waals surface area contributed by atoms with Gasteiger partial charge in [-0.05, 0) is 7.05 Å². The van der Waals surface area contributed by atoms with Gasteiger partial charge in [0.15, 0.2) is 18.2 Å². The Labute approximate surface area is 89.5 Å². The van der Waals surface area contributed by atoms with E-state index in [1.165, 1.54) is 0 Å². The first kappa shape index (κ1) is 12.2. The van der Waals surface area contributed by atoms with Crippen LogP contribution < -0.4 is 21.8 Å². The molecule has 5 N–H and O–H groups in total. The summed E-state index contributed by atoms with van der Waals surface area (Å²) in [7, 11) is 1.73. The number of likely N-dealkylation sites (N-methyl/N-ethyl adjacent to an activating group) is 1. The Balaban J connectivity index is 2.77. The molecule has 1 saturated heterocycles. The monoisotopic (exact) mass is 214 g/mol. The first-order chi connectivity index (χ1) is 7.19. The lowest BCUT2D eigenvalue weighted by Crippen LogP contribution is -2.79. The molecule has 1 fully saturated rings. The summed E-state index contributed by atoms with van der Waals surface area (Å²) in [6, 6.07) is 0. The smallest absolute Gasteiger partial charge is 0.183 e. The summed E-state index contributed by atoms with van der Waals surface area (Å²) >= 11 is 0. The molecular weight excluding hydrogens is 196 g/mol. The summed E-state index contributed by atoms with van der Waals surface area (Å²) in [6.07, 6.45) is 1.27. The van der Waals surface area contributed by atoms with Crippen molar-refractivity contribution in [2.45, 2.75) is 18.9 Å². The fraction of sp³-hybridized carbons (Fsp3) is 0.875. The molecule has 0 saturated carbocycles. The van der Waals surface area contributed by atoms with Crippen LogP contribution in [-0.2, 0) is 4.74 Å². The van der Waals surface area contributed by atoms with Crippen LogP contribution in [-0.4, -0.2) is 43.8 Å². The first-order valence-electron chi connectivity index (χ1n) is 4.94. The van der Waals surface area contributed by atoms with Crippen LogP contribution in [0.25, 0.3) is 0 Å². The maximum atomic E-state index is 8.60. The van der Waals surface area contributed by atoms with E-state index in [0.717, 1.165) is 6.54 Å². The van der Waals surface area contributed by atoms with Gasteiger partial charge in [-0.15, -0.1) is 0 Å². The van der Waals surface area contributed by atoms with Crippen LogP contribution in [0.15, 0.2) is 0 Å². The molecule has 0 aliphatic carbocycles. The molecule has 0 bridgehead atoms. The Hall–Kier alpha value is -0.910. The van der Waals surface area contributed by atoms with E-state index in [9.17, 15) is 0 Å². The van der Waals surface area contributed by atoms with Gasteiger partial charge in [-0.25, -0.2) is 5.01 Å². The van der Waals surface area contributed by atoms with E-state index in [-0.39, 0.29) is 0 Å². The normalized spacial score (nSPS) is 32.3. The highest BCUT2D eigenvalue weighted by Gasteiger charge is 2.43. The third-order valence-electron chi connectivity index (χ3n) is 2.39. The van der Waals surface area contributed by atoms with Crippen molar-refractivity contribution in [3.63, 3.8) is 0 Å². The number of hydrogen-bond acceptors (Lipinski definition) is 7. The molecular formula is C8H18N6O. The number of morpholine rings is 1. The number of nitrogens with two attached hydrogens (primary N) is 1. The van der Waals surface area contributed by atoms with Gasteiger partial charge in [-0.1, -0.05) is 6.92 Å². The fourth-order valence-corrected chi connectivity index (χ4v) is 1.59. The number of nitrogens with one attached hydrogen (secondary N) is 3. The van der Waals surface area contributed by atoms with Gasteiger partial charge in [0.1, 0.15) is 0 Å². The highest BCUT2D eigenvalue weighted by molar-refractivity contribution is 4.92. The average molecular weight is 214 g/mol. The molecule has 1 aliphatic heterocycles. The largest absolute Gasteiger partial charge is 0.352 e. The molecule has 1 rings (SSSR count). The molecule has 86 valence electrons. The van der Waals surface area contributed by atoms with E-state index in [4.69, 9.17) is 15.7 Å². The predicted octanol–water partition coefficient (Wildman–Crippen LogP) is -1.93. The van der Waals surface area contributed by atoms with Gasteiger partial charge in [0, 0.05) is 13.1 Å². The van der Waals surface area contributed by atoms with Gasteiger partial charge in [0.2, 0.25) is 0 Å². The third kappa shape index (κ3) is 2.37. The Kier molecular flexibility index (Phi) is 4.26. The van der Waals surface area contributed by atoms with Crippen molar-refractivity contribution in [2.75, 3.05) is 26.7 Å². The zero-order chi connectivity index (χ0) is 11.3. The topological polar surface area (TPSA) is 98.4 Å². The lowest BCUT2D eigenvalue weighted by molar-refractivity contribution is -0.164. The number of ether oxygens (including phenoxy) is 1. The molecule has 7 heteroatoms. The SMILES string of the molecule is CCNN1CCOC(NC#N)C1(N)NC. The van der Waals surface area contributed by atoms with Crippen LogP contribution >= 0.6 is 0 Å². The van der Waals surface area contributed by atoms with E-state index in [0.29, 0.717) is 13.2 Å². The second kappa shape index (κ2) is 5.25. The van der Waals surface area contributed by atoms with E-state index in [1.54, 1.807) is 7.05 Å². The Morgan fingerprint density at radius 1 is 1.73 bits per heavy atom. The lowest BCUT2D eigenvalue weighted by atomic mass is 10.2. The van der Waals surface area contributed by atoms with Gasteiger partial charge in [-0.3, -0.25) is 21.8 Å². The number of rotatable bonds is 4. The van der Waals surface area contributed by atoms with Crippen LogP contribution in [0.4, 0.5) is 0 Å². The van der Waals surface area contributed by atoms with Crippen LogP contribution in [0, 0.1) is 11.5 Å². The molecule has 0 aromatic carbocycles. The summed E-state index contributed by atoms with van der Waals surface area (Å²) in [5, 5.41) is 15.9. The summed E-state index contributed by atoms with van der Waals surface area (Å²) < 4.78 is 5.40. The molecule has 0 radical (unpaired) electrons. The predicted molar refractivity (Wildman–Crippen MR) is 54.8 cm³/mol. The second-order valence-electron chi connectivity index (χ2n) is 3.25. The van der Waals surface area contributed by atoms with Crippen molar-refractivity contribution in [2.24, 2.45) is 5.73 Å². The van der Waals surface area contributed by atoms with E-state index in [2.05, 4.69) is 16.1 Å². The van der Waals surface area contributed by atoms with E-state index < -0.39 is 12.0 Å². The molecule has 2 unspecified atom stereocenters. The zero-order valence-electron chi connectivity index (χ0n) is 9.08. The molecule has 15 heavy (non-hydrogen) atoms. The number of nitrogens with zero attached hydrogens (tertiary/aromatic N) is 2. The van der Waals surface area contributed by atoms with Crippen LogP contribution in [0.1, 0.15) is 6.92 Å². The minimum absolute atomic E-state index is 0.521. The zero-order valence-corrected chi connectivity index (χ0v) is 9.08. The fourth-order valence-electron chi connectivity index (χ4n) is 1.59. The first-order valence-corrected chi connectivity index (χ1v) is 4.94. The van der Waals surface area contributed by atoms with E-state index >= 15 is 0 Å². The summed E-state index contributed by atoms with van der Waals surface area (Å²) in [5.41, 5.74) is 9.26. The van der Waals surface area contributed by atoms with Crippen molar-refractivity contribution in [3.8, 4) is 6.19 Å². The molecule has 7 nitrogen and oxygen atoms in total. The summed E-state index contributed by atoms with van der Waals surface area (Å²) in [5.74, 6) is -0.927. The molecule has 1 heterocycles. The average Bonchev–Trinajstić information content (AvgIpc) is 2.25. The van der Waals surface area contributed by atoms with Gasteiger partial charge < -0.3 is 4.74 Å². The molecule has 0 amide bonds. The van der Waals surface area contributed by atoms with Crippen molar-refractivity contribution < 1.29 is 4.74 Å². The van der Waals surface area contributed by atoms with Gasteiger partial charge in [0.05, 0.1) is 6.61 Å².